The summed E-state index contributed by atoms with van der Waals surface area (Å²) in [5.41, 5.74) is 0.804. The summed E-state index contributed by atoms with van der Waals surface area (Å²) in [6.07, 6.45) is 2.41. The van der Waals surface area contributed by atoms with E-state index in [2.05, 4.69) is 10.6 Å². The van der Waals surface area contributed by atoms with Gasteiger partial charge in [0, 0.05) is 17.5 Å². The van der Waals surface area contributed by atoms with Crippen molar-refractivity contribution in [3.8, 4) is 5.75 Å². The molecule has 1 heterocycles. The predicted molar refractivity (Wildman–Crippen MR) is 84.6 cm³/mol. The van der Waals surface area contributed by atoms with Crippen LogP contribution in [0.5, 0.6) is 5.75 Å². The summed E-state index contributed by atoms with van der Waals surface area (Å²) in [7, 11) is 0. The molecule has 4 nitrogen and oxygen atoms in total. The standard InChI is InChI=1S/C15H22N2O2S/c1-2-19-14-7-5-12(6-8-14)17-15(18)10-16-13-4-3-9-20-11-13/h5-8,13,16H,2-4,9-11H2,1H3,(H,17,18). The first kappa shape index (κ1) is 15.2. The van der Waals surface area contributed by atoms with E-state index in [1.807, 2.05) is 43.0 Å². The van der Waals surface area contributed by atoms with E-state index < -0.39 is 0 Å². The number of thioether (sulfide) groups is 1. The van der Waals surface area contributed by atoms with E-state index in [-0.39, 0.29) is 5.91 Å². The fraction of sp³-hybridized carbons (Fsp3) is 0.533. The van der Waals surface area contributed by atoms with Crippen molar-refractivity contribution < 1.29 is 9.53 Å². The smallest absolute Gasteiger partial charge is 0.238 e. The monoisotopic (exact) mass is 294 g/mol. The zero-order chi connectivity index (χ0) is 14.2. The SMILES string of the molecule is CCOc1ccc(NC(=O)CNC2CCCSC2)cc1. The molecular formula is C15H22N2O2S. The van der Waals surface area contributed by atoms with Crippen molar-refractivity contribution in [2.45, 2.75) is 25.8 Å². The molecule has 110 valence electrons. The molecule has 1 fully saturated rings. The third-order valence-corrected chi connectivity index (χ3v) is 4.38. The Labute approximate surface area is 124 Å². The normalized spacial score (nSPS) is 18.6. The lowest BCUT2D eigenvalue weighted by Crippen LogP contribution is -2.39. The highest BCUT2D eigenvalue weighted by molar-refractivity contribution is 7.99. The Balaban J connectivity index is 1.73. The van der Waals surface area contributed by atoms with Crippen molar-refractivity contribution in [1.82, 2.24) is 5.32 Å². The van der Waals surface area contributed by atoms with E-state index in [0.29, 0.717) is 19.2 Å². The van der Waals surface area contributed by atoms with Crippen LogP contribution in [0.3, 0.4) is 0 Å². The maximum atomic E-state index is 11.9. The molecule has 1 saturated heterocycles. The molecule has 1 aromatic rings. The van der Waals surface area contributed by atoms with E-state index in [4.69, 9.17) is 4.74 Å². The Morgan fingerprint density at radius 3 is 2.85 bits per heavy atom. The zero-order valence-corrected chi connectivity index (χ0v) is 12.7. The van der Waals surface area contributed by atoms with Gasteiger partial charge in [-0.3, -0.25) is 4.79 Å². The van der Waals surface area contributed by atoms with Gasteiger partial charge in [0.2, 0.25) is 5.91 Å². The fourth-order valence-electron chi connectivity index (χ4n) is 2.15. The summed E-state index contributed by atoms with van der Waals surface area (Å²) in [4.78, 5) is 11.9. The average molecular weight is 294 g/mol. The van der Waals surface area contributed by atoms with E-state index >= 15 is 0 Å². The van der Waals surface area contributed by atoms with E-state index in [9.17, 15) is 4.79 Å². The number of hydrogen-bond acceptors (Lipinski definition) is 4. The molecule has 2 N–H and O–H groups in total. The quantitative estimate of drug-likeness (QED) is 0.846. The molecule has 1 aliphatic rings. The molecule has 0 spiro atoms. The van der Waals surface area contributed by atoms with Crippen LogP contribution in [-0.4, -0.2) is 36.6 Å². The van der Waals surface area contributed by atoms with Crippen LogP contribution in [0.4, 0.5) is 5.69 Å². The number of nitrogens with one attached hydrogen (secondary N) is 2. The lowest BCUT2D eigenvalue weighted by atomic mass is 10.2. The van der Waals surface area contributed by atoms with Gasteiger partial charge in [0.25, 0.3) is 0 Å². The number of hydrogen-bond donors (Lipinski definition) is 2. The molecule has 1 aliphatic heterocycles. The minimum Gasteiger partial charge on any atom is -0.494 e. The Bertz CT molecular complexity index is 416. The third kappa shape index (κ3) is 5.06. The second-order valence-corrected chi connectivity index (χ2v) is 5.95. The van der Waals surface area contributed by atoms with Crippen LogP contribution in [0.2, 0.25) is 0 Å². The van der Waals surface area contributed by atoms with Gasteiger partial charge >= 0.3 is 0 Å². The Hall–Kier alpha value is -1.20. The van der Waals surface area contributed by atoms with E-state index in [1.165, 1.54) is 18.6 Å². The van der Waals surface area contributed by atoms with Crippen LogP contribution in [-0.2, 0) is 4.79 Å². The summed E-state index contributed by atoms with van der Waals surface area (Å²) in [5.74, 6) is 3.18. The van der Waals surface area contributed by atoms with Gasteiger partial charge in [0.15, 0.2) is 0 Å². The minimum absolute atomic E-state index is 0.00438. The van der Waals surface area contributed by atoms with Crippen molar-refractivity contribution in [3.63, 3.8) is 0 Å². The van der Waals surface area contributed by atoms with Crippen LogP contribution >= 0.6 is 11.8 Å². The highest BCUT2D eigenvalue weighted by atomic mass is 32.2. The highest BCUT2D eigenvalue weighted by Crippen LogP contribution is 2.17. The number of rotatable bonds is 6. The second kappa shape index (κ2) is 8.17. The van der Waals surface area contributed by atoms with E-state index in [1.54, 1.807) is 0 Å². The number of ether oxygens (including phenoxy) is 1. The molecule has 2 rings (SSSR count). The Morgan fingerprint density at radius 1 is 1.40 bits per heavy atom. The van der Waals surface area contributed by atoms with E-state index in [0.717, 1.165) is 17.2 Å². The lowest BCUT2D eigenvalue weighted by Gasteiger charge is -2.22. The summed E-state index contributed by atoms with van der Waals surface area (Å²) in [6.45, 7) is 2.97. The lowest BCUT2D eigenvalue weighted by molar-refractivity contribution is -0.115. The van der Waals surface area contributed by atoms with Crippen molar-refractivity contribution >= 4 is 23.4 Å². The van der Waals surface area contributed by atoms with Crippen molar-refractivity contribution in [2.24, 2.45) is 0 Å². The van der Waals surface area contributed by atoms with Gasteiger partial charge in [-0.2, -0.15) is 11.8 Å². The van der Waals surface area contributed by atoms with Crippen molar-refractivity contribution in [1.29, 1.82) is 0 Å². The molecule has 1 aromatic carbocycles. The topological polar surface area (TPSA) is 50.4 Å². The van der Waals surface area contributed by atoms with Crippen LogP contribution in [0.1, 0.15) is 19.8 Å². The maximum absolute atomic E-state index is 11.9. The average Bonchev–Trinajstić information content (AvgIpc) is 2.49. The first-order valence-electron chi connectivity index (χ1n) is 7.12. The third-order valence-electron chi connectivity index (χ3n) is 3.16. The van der Waals surface area contributed by atoms with Crippen molar-refractivity contribution in [2.75, 3.05) is 30.0 Å². The number of benzene rings is 1. The van der Waals surface area contributed by atoms with Gasteiger partial charge in [-0.05, 0) is 49.8 Å². The molecular weight excluding hydrogens is 272 g/mol. The van der Waals surface area contributed by atoms with Crippen LogP contribution in [0.15, 0.2) is 24.3 Å². The Kier molecular flexibility index (Phi) is 6.21. The van der Waals surface area contributed by atoms with Gasteiger partial charge < -0.3 is 15.4 Å². The highest BCUT2D eigenvalue weighted by Gasteiger charge is 2.14. The summed E-state index contributed by atoms with van der Waals surface area (Å²) in [6, 6.07) is 7.92. The largest absolute Gasteiger partial charge is 0.494 e. The molecule has 20 heavy (non-hydrogen) atoms. The number of carbonyl (C=O) groups is 1. The minimum atomic E-state index is 0.00438. The number of anilines is 1. The summed E-state index contributed by atoms with van der Waals surface area (Å²) in [5, 5.41) is 6.20. The predicted octanol–water partition coefficient (Wildman–Crippen LogP) is 2.51. The molecule has 1 unspecified atom stereocenters. The first-order chi connectivity index (χ1) is 9.78. The second-order valence-electron chi connectivity index (χ2n) is 4.80. The van der Waals surface area contributed by atoms with Crippen LogP contribution in [0, 0.1) is 0 Å². The first-order valence-corrected chi connectivity index (χ1v) is 8.27. The van der Waals surface area contributed by atoms with Gasteiger partial charge in [0.05, 0.1) is 13.2 Å². The van der Waals surface area contributed by atoms with Crippen molar-refractivity contribution in [3.05, 3.63) is 24.3 Å². The van der Waals surface area contributed by atoms with Gasteiger partial charge in [0.1, 0.15) is 5.75 Å². The molecule has 0 bridgehead atoms. The van der Waals surface area contributed by atoms with Gasteiger partial charge in [-0.25, -0.2) is 0 Å². The molecule has 0 radical (unpaired) electrons. The molecule has 0 aliphatic carbocycles. The molecule has 1 atom stereocenters. The molecule has 0 saturated carbocycles. The van der Waals surface area contributed by atoms with Crippen LogP contribution in [0.25, 0.3) is 0 Å². The summed E-state index contributed by atoms with van der Waals surface area (Å²) < 4.78 is 5.37. The number of amides is 1. The fourth-order valence-corrected chi connectivity index (χ4v) is 3.25. The van der Waals surface area contributed by atoms with Crippen LogP contribution < -0.4 is 15.4 Å². The maximum Gasteiger partial charge on any atom is 0.238 e. The summed E-state index contributed by atoms with van der Waals surface area (Å²) >= 11 is 1.96. The van der Waals surface area contributed by atoms with Gasteiger partial charge in [-0.1, -0.05) is 0 Å². The molecule has 5 heteroatoms. The molecule has 1 amide bonds. The Morgan fingerprint density at radius 2 is 2.20 bits per heavy atom. The molecule has 0 aromatic heterocycles. The zero-order valence-electron chi connectivity index (χ0n) is 11.9. The van der Waals surface area contributed by atoms with Gasteiger partial charge in [-0.15, -0.1) is 0 Å². The number of carbonyl (C=O) groups excluding carboxylic acids is 1.